The van der Waals surface area contributed by atoms with Crippen LogP contribution in [-0.2, 0) is 5.54 Å². The highest BCUT2D eigenvalue weighted by molar-refractivity contribution is 9.10. The molecule has 90 valence electrons. The Morgan fingerprint density at radius 1 is 1.18 bits per heavy atom. The quantitative estimate of drug-likeness (QED) is 0.724. The normalized spacial score (nSPS) is 12.1. The fourth-order valence-corrected chi connectivity index (χ4v) is 2.60. The Bertz CT molecular complexity index is 635. The number of fused-ring (bicyclic) bond motifs is 1. The van der Waals surface area contributed by atoms with Crippen LogP contribution in [0.25, 0.3) is 10.8 Å². The zero-order chi connectivity index (χ0) is 12.8. The lowest BCUT2D eigenvalue weighted by atomic mass is 10.1. The van der Waals surface area contributed by atoms with Gasteiger partial charge in [0.1, 0.15) is 0 Å². The lowest BCUT2D eigenvalue weighted by molar-refractivity contribution is 0.378. The lowest BCUT2D eigenvalue weighted by Gasteiger charge is -2.25. The average Bonchev–Trinajstić information content (AvgIpc) is 2.17. The molecule has 0 aliphatic carbocycles. The van der Waals surface area contributed by atoms with Gasteiger partial charge in [0.2, 0.25) is 0 Å². The van der Waals surface area contributed by atoms with Crippen LogP contribution in [0.3, 0.4) is 0 Å². The Kier molecular flexibility index (Phi) is 2.90. The van der Waals surface area contributed by atoms with Crippen molar-refractivity contribution in [3.63, 3.8) is 0 Å². The second kappa shape index (κ2) is 3.98. The maximum Gasteiger partial charge on any atom is 0.259 e. The van der Waals surface area contributed by atoms with Gasteiger partial charge in [-0.25, -0.2) is 0 Å². The van der Waals surface area contributed by atoms with Gasteiger partial charge in [-0.3, -0.25) is 4.79 Å². The number of aryl methyl sites for hydroxylation is 1. The van der Waals surface area contributed by atoms with Crippen molar-refractivity contribution < 1.29 is 0 Å². The molecule has 2 aromatic rings. The van der Waals surface area contributed by atoms with Gasteiger partial charge in [0.15, 0.2) is 0 Å². The number of pyridine rings is 1. The largest absolute Gasteiger partial charge is 0.307 e. The van der Waals surface area contributed by atoms with Crippen molar-refractivity contribution in [3.8, 4) is 0 Å². The van der Waals surface area contributed by atoms with E-state index in [1.165, 1.54) is 0 Å². The van der Waals surface area contributed by atoms with Crippen molar-refractivity contribution in [2.45, 2.75) is 33.2 Å². The number of rotatable bonds is 0. The second-order valence-electron chi connectivity index (χ2n) is 5.33. The number of nitrogens with zero attached hydrogens (tertiary/aromatic N) is 1. The second-order valence-corrected chi connectivity index (χ2v) is 6.24. The van der Waals surface area contributed by atoms with Gasteiger partial charge >= 0.3 is 0 Å². The predicted molar refractivity (Wildman–Crippen MR) is 75.6 cm³/mol. The molecule has 0 spiro atoms. The third-order valence-corrected chi connectivity index (χ3v) is 3.33. The van der Waals surface area contributed by atoms with Crippen molar-refractivity contribution in [2.75, 3.05) is 0 Å². The Balaban J connectivity index is 2.93. The number of hydrogen-bond donors (Lipinski definition) is 0. The Hall–Kier alpha value is -1.09. The highest BCUT2D eigenvalue weighted by Gasteiger charge is 2.18. The first-order valence-corrected chi connectivity index (χ1v) is 6.42. The van der Waals surface area contributed by atoms with Crippen molar-refractivity contribution in [2.24, 2.45) is 0 Å². The molecule has 0 saturated carbocycles. The smallest absolute Gasteiger partial charge is 0.259 e. The molecule has 2 nitrogen and oxygen atoms in total. The molecule has 0 N–H and O–H groups in total. The SMILES string of the molecule is Cc1cc2ccc(Br)cc2c(=O)n1C(C)(C)C. The van der Waals surface area contributed by atoms with Crippen LogP contribution in [0.15, 0.2) is 33.5 Å². The predicted octanol–water partition coefficient (Wildman–Crippen LogP) is 3.83. The first-order chi connectivity index (χ1) is 7.80. The molecule has 0 aliphatic heterocycles. The third kappa shape index (κ3) is 2.16. The fraction of sp³-hybridized carbons (Fsp3) is 0.357. The third-order valence-electron chi connectivity index (χ3n) is 2.84. The maximum atomic E-state index is 12.5. The monoisotopic (exact) mass is 293 g/mol. The molecule has 0 aliphatic rings. The van der Waals surface area contributed by atoms with Crippen molar-refractivity contribution in [3.05, 3.63) is 44.8 Å². The van der Waals surface area contributed by atoms with Gasteiger partial charge < -0.3 is 4.57 Å². The molecule has 3 heteroatoms. The van der Waals surface area contributed by atoms with Crippen LogP contribution in [0.4, 0.5) is 0 Å². The van der Waals surface area contributed by atoms with Crippen molar-refractivity contribution in [1.29, 1.82) is 0 Å². The van der Waals surface area contributed by atoms with E-state index in [9.17, 15) is 4.79 Å². The van der Waals surface area contributed by atoms with Gasteiger partial charge in [-0.15, -0.1) is 0 Å². The summed E-state index contributed by atoms with van der Waals surface area (Å²) >= 11 is 3.41. The minimum atomic E-state index is -0.197. The zero-order valence-corrected chi connectivity index (χ0v) is 12.1. The molecule has 0 atom stereocenters. The van der Waals surface area contributed by atoms with Crippen LogP contribution in [-0.4, -0.2) is 4.57 Å². The molecular weight excluding hydrogens is 278 g/mol. The average molecular weight is 294 g/mol. The Morgan fingerprint density at radius 2 is 1.82 bits per heavy atom. The van der Waals surface area contributed by atoms with Gasteiger partial charge in [-0.1, -0.05) is 22.0 Å². The van der Waals surface area contributed by atoms with Crippen molar-refractivity contribution >= 4 is 26.7 Å². The van der Waals surface area contributed by atoms with E-state index < -0.39 is 0 Å². The molecule has 0 radical (unpaired) electrons. The Morgan fingerprint density at radius 3 is 2.41 bits per heavy atom. The van der Waals surface area contributed by atoms with Gasteiger partial charge in [-0.05, 0) is 51.3 Å². The fourth-order valence-electron chi connectivity index (χ4n) is 2.24. The first-order valence-electron chi connectivity index (χ1n) is 5.63. The molecule has 0 unspecified atom stereocenters. The van der Waals surface area contributed by atoms with E-state index in [0.29, 0.717) is 0 Å². The summed E-state index contributed by atoms with van der Waals surface area (Å²) in [5, 5.41) is 1.76. The number of halogens is 1. The van der Waals surface area contributed by atoms with Crippen LogP contribution in [0.5, 0.6) is 0 Å². The molecular formula is C14H16BrNO. The summed E-state index contributed by atoms with van der Waals surface area (Å²) < 4.78 is 2.79. The summed E-state index contributed by atoms with van der Waals surface area (Å²) in [6, 6.07) is 7.89. The van der Waals surface area contributed by atoms with Crippen LogP contribution in [0.2, 0.25) is 0 Å². The number of hydrogen-bond acceptors (Lipinski definition) is 1. The summed E-state index contributed by atoms with van der Waals surface area (Å²) in [4.78, 5) is 12.5. The van der Waals surface area contributed by atoms with E-state index in [2.05, 4.69) is 22.0 Å². The minimum Gasteiger partial charge on any atom is -0.307 e. The van der Waals surface area contributed by atoms with E-state index in [0.717, 1.165) is 20.9 Å². The lowest BCUT2D eigenvalue weighted by Crippen LogP contribution is -2.35. The van der Waals surface area contributed by atoms with E-state index in [-0.39, 0.29) is 11.1 Å². The first kappa shape index (κ1) is 12.4. The van der Waals surface area contributed by atoms with Crippen LogP contribution >= 0.6 is 15.9 Å². The molecule has 1 aromatic carbocycles. The summed E-state index contributed by atoms with van der Waals surface area (Å²) in [5.74, 6) is 0. The maximum absolute atomic E-state index is 12.5. The Labute approximate surface area is 109 Å². The summed E-state index contributed by atoms with van der Waals surface area (Å²) in [6.07, 6.45) is 0. The standard InChI is InChI=1S/C14H16BrNO/c1-9-7-10-5-6-11(15)8-12(10)13(17)16(9)14(2,3)4/h5-8H,1-4H3. The highest BCUT2D eigenvalue weighted by Crippen LogP contribution is 2.21. The molecule has 1 heterocycles. The van der Waals surface area contributed by atoms with E-state index in [1.807, 2.05) is 50.5 Å². The van der Waals surface area contributed by atoms with Gasteiger partial charge in [0.05, 0.1) is 0 Å². The van der Waals surface area contributed by atoms with Crippen molar-refractivity contribution in [1.82, 2.24) is 4.57 Å². The summed E-state index contributed by atoms with van der Waals surface area (Å²) in [6.45, 7) is 8.12. The molecule has 2 rings (SSSR count). The van der Waals surface area contributed by atoms with E-state index >= 15 is 0 Å². The molecule has 1 aromatic heterocycles. The van der Waals surface area contributed by atoms with Gasteiger partial charge in [0.25, 0.3) is 5.56 Å². The van der Waals surface area contributed by atoms with Crippen LogP contribution in [0, 0.1) is 6.92 Å². The summed E-state index contributed by atoms with van der Waals surface area (Å²) in [7, 11) is 0. The molecule has 0 saturated heterocycles. The molecule has 0 amide bonds. The highest BCUT2D eigenvalue weighted by atomic mass is 79.9. The van der Waals surface area contributed by atoms with E-state index in [1.54, 1.807) is 0 Å². The van der Waals surface area contributed by atoms with Crippen LogP contribution < -0.4 is 5.56 Å². The molecule has 0 fully saturated rings. The van der Waals surface area contributed by atoms with E-state index in [4.69, 9.17) is 0 Å². The zero-order valence-electron chi connectivity index (χ0n) is 10.5. The number of benzene rings is 1. The summed E-state index contributed by atoms with van der Waals surface area (Å²) in [5.41, 5.74) is 0.878. The van der Waals surface area contributed by atoms with Gasteiger partial charge in [-0.2, -0.15) is 0 Å². The molecule has 0 bridgehead atoms. The van der Waals surface area contributed by atoms with Gasteiger partial charge in [0, 0.05) is 21.1 Å². The number of aromatic nitrogens is 1. The van der Waals surface area contributed by atoms with Crippen LogP contribution in [0.1, 0.15) is 26.5 Å². The minimum absolute atomic E-state index is 0.0776. The molecule has 17 heavy (non-hydrogen) atoms. The topological polar surface area (TPSA) is 22.0 Å².